The van der Waals surface area contributed by atoms with Crippen molar-refractivity contribution in [3.63, 3.8) is 0 Å². The monoisotopic (exact) mass is 708 g/mol. The van der Waals surface area contributed by atoms with Gasteiger partial charge in [-0.05, 0) is 60.5 Å². The van der Waals surface area contributed by atoms with Crippen LogP contribution < -0.4 is 10.6 Å². The number of Topliss-reactive ketones (excluding diaryl/α,β-unsaturated/α-hetero) is 1. The van der Waals surface area contributed by atoms with Crippen LogP contribution in [0.2, 0.25) is 10.0 Å². The predicted molar refractivity (Wildman–Crippen MR) is 179 cm³/mol. The van der Waals surface area contributed by atoms with Gasteiger partial charge in [-0.3, -0.25) is 4.79 Å². The number of ketones is 1. The zero-order valence-electron chi connectivity index (χ0n) is 25.0. The van der Waals surface area contributed by atoms with Gasteiger partial charge in [-0.15, -0.1) is 20.5 Å². The van der Waals surface area contributed by atoms with Crippen molar-refractivity contribution in [3.05, 3.63) is 105 Å². The molecule has 17 nitrogen and oxygen atoms in total. The molecule has 0 fully saturated rings. The first-order chi connectivity index (χ1) is 24.1. The molecule has 19 heteroatoms. The molecule has 4 amide bonds. The topological polar surface area (TPSA) is 226 Å². The molecule has 4 N–H and O–H groups in total. The molecule has 246 valence electrons. The number of rotatable bonds is 4. The number of carbonyl (C=O) groups excluding carboxylic acids is 3. The lowest BCUT2D eigenvalue weighted by atomic mass is 9.77. The van der Waals surface area contributed by atoms with Gasteiger partial charge in [0.25, 0.3) is 17.9 Å². The average molecular weight is 709 g/mol. The number of azo groups is 2. The largest absolute Gasteiger partial charge is 0.503 e. The summed E-state index contributed by atoms with van der Waals surface area (Å²) in [5, 5.41) is 49.3. The van der Waals surface area contributed by atoms with Gasteiger partial charge in [0.2, 0.25) is 11.7 Å². The summed E-state index contributed by atoms with van der Waals surface area (Å²) in [6.45, 7) is 0. The van der Waals surface area contributed by atoms with Gasteiger partial charge in [-0.25, -0.2) is 19.1 Å². The molecule has 0 saturated carbocycles. The fraction of sp³-hybridized carbons (Fsp3) is 0.0645. The lowest BCUT2D eigenvalue weighted by Gasteiger charge is -2.24. The summed E-state index contributed by atoms with van der Waals surface area (Å²) in [4.78, 5) is 52.2. The van der Waals surface area contributed by atoms with E-state index in [1.54, 1.807) is 72.8 Å². The van der Waals surface area contributed by atoms with Crippen LogP contribution in [0.5, 0.6) is 11.6 Å². The van der Waals surface area contributed by atoms with Gasteiger partial charge in [0, 0.05) is 27.0 Å². The van der Waals surface area contributed by atoms with Gasteiger partial charge in [0.15, 0.2) is 11.5 Å². The van der Waals surface area contributed by atoms with Crippen molar-refractivity contribution < 1.29 is 24.6 Å². The number of aromatic nitrogens is 4. The summed E-state index contributed by atoms with van der Waals surface area (Å²) in [5.41, 5.74) is -0.764. The van der Waals surface area contributed by atoms with E-state index >= 15 is 0 Å². The van der Waals surface area contributed by atoms with E-state index in [2.05, 4.69) is 51.2 Å². The summed E-state index contributed by atoms with van der Waals surface area (Å²) < 4.78 is 1.99. The Balaban J connectivity index is 1.19. The third-order valence-corrected chi connectivity index (χ3v) is 8.54. The van der Waals surface area contributed by atoms with Crippen LogP contribution in [0.1, 0.15) is 27.3 Å². The summed E-state index contributed by atoms with van der Waals surface area (Å²) in [6.07, 6.45) is -0.0998. The predicted octanol–water partition coefficient (Wildman–Crippen LogP) is 6.59. The van der Waals surface area contributed by atoms with Crippen LogP contribution in [0.25, 0.3) is 0 Å². The van der Waals surface area contributed by atoms with Gasteiger partial charge in [-0.2, -0.15) is 19.8 Å². The van der Waals surface area contributed by atoms with E-state index in [1.807, 2.05) is 0 Å². The first-order valence-electron chi connectivity index (χ1n) is 14.5. The second kappa shape index (κ2) is 11.5. The van der Waals surface area contributed by atoms with Gasteiger partial charge in [0.1, 0.15) is 16.8 Å². The lowest BCUT2D eigenvalue weighted by molar-refractivity contribution is 0.0920. The van der Waals surface area contributed by atoms with E-state index < -0.39 is 34.9 Å². The number of hydrogen-bond donors (Lipinski definition) is 4. The molecule has 8 rings (SSSR count). The number of amides is 4. The number of imidazole rings is 1. The fourth-order valence-corrected chi connectivity index (χ4v) is 6.06. The molecule has 2 aromatic heterocycles. The Hall–Kier alpha value is -6.59. The Kier molecular flexibility index (Phi) is 7.09. The van der Waals surface area contributed by atoms with E-state index in [0.29, 0.717) is 32.5 Å². The van der Waals surface area contributed by atoms with Crippen molar-refractivity contribution in [2.45, 2.75) is 11.8 Å². The molecule has 3 aliphatic rings. The molecule has 4 heterocycles. The molecular formula is C31H18Cl2N12O5. The van der Waals surface area contributed by atoms with Crippen LogP contribution in [0.15, 0.2) is 103 Å². The minimum Gasteiger partial charge on any atom is -0.503 e. The number of benzene rings is 3. The van der Waals surface area contributed by atoms with Crippen LogP contribution in [-0.2, 0) is 11.8 Å². The van der Waals surface area contributed by atoms with Crippen LogP contribution in [-0.4, -0.2) is 59.3 Å². The Morgan fingerprint density at radius 2 is 1.38 bits per heavy atom. The highest BCUT2D eigenvalue weighted by Gasteiger charge is 2.56. The Bertz CT molecular complexity index is 2410. The van der Waals surface area contributed by atoms with E-state index in [-0.39, 0.29) is 41.5 Å². The molecule has 2 aliphatic heterocycles. The van der Waals surface area contributed by atoms with E-state index in [1.165, 1.54) is 0 Å². The van der Waals surface area contributed by atoms with Crippen molar-refractivity contribution in [2.24, 2.45) is 30.4 Å². The van der Waals surface area contributed by atoms with Crippen LogP contribution >= 0.6 is 23.2 Å². The lowest BCUT2D eigenvalue weighted by Crippen LogP contribution is -2.36. The molecule has 0 spiro atoms. The van der Waals surface area contributed by atoms with E-state index in [4.69, 9.17) is 23.2 Å². The third kappa shape index (κ3) is 4.91. The van der Waals surface area contributed by atoms with Crippen LogP contribution in [0.3, 0.4) is 0 Å². The van der Waals surface area contributed by atoms with Crippen LogP contribution in [0.4, 0.5) is 32.7 Å². The van der Waals surface area contributed by atoms with E-state index in [0.717, 1.165) is 9.25 Å². The van der Waals surface area contributed by atoms with Crippen LogP contribution in [0, 0.1) is 0 Å². The maximum absolute atomic E-state index is 14.4. The number of hydrogen-bond acceptors (Lipinski definition) is 9. The molecule has 1 atom stereocenters. The summed E-state index contributed by atoms with van der Waals surface area (Å²) in [5.74, 6) is -2.80. The van der Waals surface area contributed by atoms with Crippen molar-refractivity contribution in [1.29, 1.82) is 0 Å². The number of fused-ring (bicyclic) bond motifs is 3. The molecule has 0 radical (unpaired) electrons. The number of anilines is 2. The summed E-state index contributed by atoms with van der Waals surface area (Å²) >= 11 is 11.8. The van der Waals surface area contributed by atoms with Crippen molar-refractivity contribution in [2.75, 3.05) is 10.6 Å². The quantitative estimate of drug-likeness (QED) is 0.160. The van der Waals surface area contributed by atoms with Crippen molar-refractivity contribution in [1.82, 2.24) is 19.3 Å². The maximum atomic E-state index is 14.4. The minimum atomic E-state index is -1.94. The first-order valence-corrected chi connectivity index (χ1v) is 15.3. The average Bonchev–Trinajstić information content (AvgIpc) is 3.90. The molecule has 5 aromatic rings. The standard InChI is InChI=1S/C31H18Cl2N12O5/c32-15-5-9-17(10-6-15)34-29(49)37-27-41-40-26-36-22(25(48)44(26)27)31(13-14-3-1-2-4-19(14)23(31)47)21-20(46)24-39-42-28(45(24)43-21)38-30(50)35-18-11-7-16(33)8-12-18/h1-12,46,48H,13H2,(H,34,49)(H,35,50)/t31-/m0/s1. The summed E-state index contributed by atoms with van der Waals surface area (Å²) in [6, 6.07) is 17.7. The number of halogens is 2. The second-order valence-electron chi connectivity index (χ2n) is 11.0. The number of nitrogens with zero attached hydrogens (tertiary/aromatic N) is 10. The zero-order chi connectivity index (χ0) is 34.7. The SMILES string of the molecule is O=C(N=C1N=Nc2c(O)c([C@]3(c4nc5n(c4O)C(=NC(=O)Nc4ccc(Cl)cc4)N=N5)Cc4ccccc4C3=O)nn21)Nc1ccc(Cl)cc1. The van der Waals surface area contributed by atoms with Gasteiger partial charge in [0.05, 0.1) is 0 Å². The molecule has 0 unspecified atom stereocenters. The Labute approximate surface area is 289 Å². The van der Waals surface area contributed by atoms with Gasteiger partial charge >= 0.3 is 12.1 Å². The highest BCUT2D eigenvalue weighted by molar-refractivity contribution is 6.31. The fourth-order valence-electron chi connectivity index (χ4n) is 5.80. The number of nitrogens with one attached hydrogen (secondary N) is 2. The second-order valence-corrected chi connectivity index (χ2v) is 11.9. The van der Waals surface area contributed by atoms with Gasteiger partial charge < -0.3 is 20.8 Å². The molecule has 0 bridgehead atoms. The molecule has 50 heavy (non-hydrogen) atoms. The smallest absolute Gasteiger partial charge is 0.348 e. The number of aromatic hydroxyl groups is 2. The highest BCUT2D eigenvalue weighted by Crippen LogP contribution is 2.52. The van der Waals surface area contributed by atoms with Crippen molar-refractivity contribution in [3.8, 4) is 11.6 Å². The Morgan fingerprint density at radius 3 is 2.02 bits per heavy atom. The zero-order valence-corrected chi connectivity index (χ0v) is 26.5. The third-order valence-electron chi connectivity index (χ3n) is 8.03. The number of carbonyl (C=O) groups is 3. The molecule has 0 saturated heterocycles. The number of aliphatic imine (C=N–C) groups is 2. The normalized spacial score (nSPS) is 18.5. The Morgan fingerprint density at radius 1 is 0.780 bits per heavy atom. The molecule has 1 aliphatic carbocycles. The number of urea groups is 2. The highest BCUT2D eigenvalue weighted by atomic mass is 35.5. The molecular weight excluding hydrogens is 691 g/mol. The van der Waals surface area contributed by atoms with E-state index in [9.17, 15) is 24.6 Å². The van der Waals surface area contributed by atoms with Gasteiger partial charge in [-0.1, -0.05) is 47.5 Å². The molecule has 3 aromatic carbocycles. The maximum Gasteiger partial charge on any atom is 0.348 e. The summed E-state index contributed by atoms with van der Waals surface area (Å²) in [7, 11) is 0. The van der Waals surface area contributed by atoms with Crippen molar-refractivity contribution >= 4 is 76.1 Å². The first kappa shape index (κ1) is 30.7. The minimum absolute atomic E-state index is 0.0998.